The van der Waals surface area contributed by atoms with E-state index >= 15 is 0 Å². The van der Waals surface area contributed by atoms with E-state index in [-0.39, 0.29) is 24.5 Å². The van der Waals surface area contributed by atoms with E-state index in [0.717, 1.165) is 5.39 Å². The van der Waals surface area contributed by atoms with E-state index in [0.29, 0.717) is 16.8 Å². The molecule has 8 nitrogen and oxygen atoms in total. The van der Waals surface area contributed by atoms with Crippen LogP contribution in [0, 0.1) is 21.4 Å². The van der Waals surface area contributed by atoms with Gasteiger partial charge in [0, 0.05) is 35.3 Å². The van der Waals surface area contributed by atoms with Gasteiger partial charge in [0.2, 0.25) is 5.76 Å². The number of rotatable bonds is 6. The summed E-state index contributed by atoms with van der Waals surface area (Å²) in [6, 6.07) is 15.1. The van der Waals surface area contributed by atoms with Gasteiger partial charge in [-0.15, -0.1) is 0 Å². The molecular formula is C19H15N3O5. The average molecular weight is 365 g/mol. The van der Waals surface area contributed by atoms with E-state index in [2.05, 4.69) is 0 Å². The Kier molecular flexibility index (Phi) is 5.04. The van der Waals surface area contributed by atoms with Crippen molar-refractivity contribution < 1.29 is 18.9 Å². The molecule has 0 aliphatic rings. The predicted molar refractivity (Wildman–Crippen MR) is 97.1 cm³/mol. The van der Waals surface area contributed by atoms with Crippen molar-refractivity contribution in [3.8, 4) is 6.07 Å². The lowest BCUT2D eigenvalue weighted by Crippen LogP contribution is -2.30. The second kappa shape index (κ2) is 7.58. The first-order valence-corrected chi connectivity index (χ1v) is 8.00. The highest BCUT2D eigenvalue weighted by molar-refractivity contribution is 5.84. The van der Waals surface area contributed by atoms with Gasteiger partial charge in [0.05, 0.1) is 12.0 Å². The molecule has 8 heteroatoms. The van der Waals surface area contributed by atoms with Gasteiger partial charge in [0.25, 0.3) is 5.69 Å². The number of fused-ring (bicyclic) bond motifs is 1. The molecular weight excluding hydrogens is 350 g/mol. The van der Waals surface area contributed by atoms with E-state index in [9.17, 15) is 20.2 Å². The van der Waals surface area contributed by atoms with Crippen LogP contribution in [0.3, 0.4) is 0 Å². The lowest BCUT2D eigenvalue weighted by molar-refractivity contribution is -0.384. The van der Waals surface area contributed by atoms with Gasteiger partial charge in [-0.25, -0.2) is 0 Å². The SMILES string of the molecule is COC(=O)CN(Cc1c(C#N)oc2ccccc12)c1cccc([N+](=O)[O-])c1. The average Bonchev–Trinajstić information content (AvgIpc) is 3.05. The quantitative estimate of drug-likeness (QED) is 0.374. The molecule has 0 fully saturated rings. The first-order chi connectivity index (χ1) is 13.0. The summed E-state index contributed by atoms with van der Waals surface area (Å²) in [6.07, 6.45) is 0. The number of nitro benzene ring substituents is 1. The zero-order chi connectivity index (χ0) is 19.4. The highest BCUT2D eigenvalue weighted by Gasteiger charge is 2.21. The minimum Gasteiger partial charge on any atom is -0.468 e. The van der Waals surface area contributed by atoms with Crippen LogP contribution in [0.2, 0.25) is 0 Å². The number of anilines is 1. The fourth-order valence-corrected chi connectivity index (χ4v) is 2.80. The zero-order valence-electron chi connectivity index (χ0n) is 14.4. The lowest BCUT2D eigenvalue weighted by Gasteiger charge is -2.23. The Bertz CT molecular complexity index is 1050. The Hall–Kier alpha value is -3.86. The fraction of sp³-hybridized carbons (Fsp3) is 0.158. The Morgan fingerprint density at radius 1 is 1.30 bits per heavy atom. The van der Waals surface area contributed by atoms with Crippen molar-refractivity contribution >= 4 is 28.3 Å². The number of nitriles is 1. The molecule has 136 valence electrons. The Morgan fingerprint density at radius 3 is 2.78 bits per heavy atom. The number of methoxy groups -OCH3 is 1. The summed E-state index contributed by atoms with van der Waals surface area (Å²) in [5.41, 5.74) is 1.52. The van der Waals surface area contributed by atoms with Crippen molar-refractivity contribution in [3.63, 3.8) is 0 Å². The summed E-state index contributed by atoms with van der Waals surface area (Å²) in [5.74, 6) is -0.371. The number of ether oxygens (including phenoxy) is 1. The molecule has 0 unspecified atom stereocenters. The molecule has 0 spiro atoms. The molecule has 0 amide bonds. The number of para-hydroxylation sites is 1. The van der Waals surface area contributed by atoms with Gasteiger partial charge in [-0.1, -0.05) is 24.3 Å². The number of nitrogens with zero attached hydrogens (tertiary/aromatic N) is 3. The van der Waals surface area contributed by atoms with E-state index in [1.165, 1.54) is 25.3 Å². The smallest absolute Gasteiger partial charge is 0.325 e. The molecule has 2 aromatic carbocycles. The maximum Gasteiger partial charge on any atom is 0.325 e. The van der Waals surface area contributed by atoms with Gasteiger partial charge in [0.1, 0.15) is 18.2 Å². The third-order valence-electron chi connectivity index (χ3n) is 4.10. The monoisotopic (exact) mass is 365 g/mol. The van der Waals surface area contributed by atoms with Crippen LogP contribution >= 0.6 is 0 Å². The van der Waals surface area contributed by atoms with E-state index in [4.69, 9.17) is 9.15 Å². The Balaban J connectivity index is 2.05. The molecule has 27 heavy (non-hydrogen) atoms. The second-order valence-corrected chi connectivity index (χ2v) is 5.73. The van der Waals surface area contributed by atoms with Crippen LogP contribution in [0.15, 0.2) is 52.9 Å². The zero-order valence-corrected chi connectivity index (χ0v) is 14.4. The number of benzene rings is 2. The van der Waals surface area contributed by atoms with Crippen LogP contribution in [0.1, 0.15) is 11.3 Å². The predicted octanol–water partition coefficient (Wildman–Crippen LogP) is 3.39. The van der Waals surface area contributed by atoms with Crippen molar-refractivity contribution in [3.05, 3.63) is 70.0 Å². The third-order valence-corrected chi connectivity index (χ3v) is 4.10. The largest absolute Gasteiger partial charge is 0.468 e. The first-order valence-electron chi connectivity index (χ1n) is 8.00. The van der Waals surface area contributed by atoms with Gasteiger partial charge >= 0.3 is 5.97 Å². The molecule has 3 rings (SSSR count). The van der Waals surface area contributed by atoms with Crippen molar-refractivity contribution in [2.24, 2.45) is 0 Å². The van der Waals surface area contributed by atoms with E-state index in [1.54, 1.807) is 23.1 Å². The van der Waals surface area contributed by atoms with Gasteiger partial charge < -0.3 is 14.1 Å². The number of carbonyl (C=O) groups excluding carboxylic acids is 1. The summed E-state index contributed by atoms with van der Waals surface area (Å²) in [7, 11) is 1.27. The van der Waals surface area contributed by atoms with Gasteiger partial charge in [0.15, 0.2) is 0 Å². The third kappa shape index (κ3) is 3.72. The molecule has 0 radical (unpaired) electrons. The summed E-state index contributed by atoms with van der Waals surface area (Å²) in [4.78, 5) is 24.1. The molecule has 1 heterocycles. The van der Waals surface area contributed by atoms with E-state index in [1.807, 2.05) is 18.2 Å². The van der Waals surface area contributed by atoms with Gasteiger partial charge in [-0.3, -0.25) is 14.9 Å². The molecule has 3 aromatic rings. The number of furan rings is 1. The summed E-state index contributed by atoms with van der Waals surface area (Å²) >= 11 is 0. The van der Waals surface area contributed by atoms with Crippen LogP contribution in [-0.4, -0.2) is 24.5 Å². The number of non-ortho nitro benzene ring substituents is 1. The van der Waals surface area contributed by atoms with E-state index < -0.39 is 10.9 Å². The minimum absolute atomic E-state index is 0.0973. The van der Waals surface area contributed by atoms with Crippen molar-refractivity contribution in [2.75, 3.05) is 18.6 Å². The molecule has 0 saturated carbocycles. The Morgan fingerprint density at radius 2 is 2.07 bits per heavy atom. The Labute approximate surface area is 154 Å². The lowest BCUT2D eigenvalue weighted by atomic mass is 10.1. The molecule has 1 aromatic heterocycles. The summed E-state index contributed by atoms with van der Waals surface area (Å²) in [6.45, 7) is 0.0121. The molecule has 0 atom stereocenters. The molecule has 0 N–H and O–H groups in total. The number of hydrogen-bond donors (Lipinski definition) is 0. The van der Waals surface area contributed by atoms with Crippen molar-refractivity contribution in [1.29, 1.82) is 5.26 Å². The van der Waals surface area contributed by atoms with Crippen LogP contribution in [0.4, 0.5) is 11.4 Å². The second-order valence-electron chi connectivity index (χ2n) is 5.73. The van der Waals surface area contributed by atoms with Gasteiger partial charge in [-0.05, 0) is 12.1 Å². The number of nitro groups is 1. The summed E-state index contributed by atoms with van der Waals surface area (Å²) in [5, 5.41) is 21.2. The normalized spacial score (nSPS) is 10.4. The minimum atomic E-state index is -0.507. The highest BCUT2D eigenvalue weighted by Crippen LogP contribution is 2.29. The van der Waals surface area contributed by atoms with Crippen molar-refractivity contribution in [2.45, 2.75) is 6.54 Å². The van der Waals surface area contributed by atoms with Crippen LogP contribution in [0.5, 0.6) is 0 Å². The van der Waals surface area contributed by atoms with Crippen LogP contribution < -0.4 is 4.90 Å². The van der Waals surface area contributed by atoms with Crippen molar-refractivity contribution in [1.82, 2.24) is 0 Å². The number of esters is 1. The van der Waals surface area contributed by atoms with Crippen LogP contribution in [-0.2, 0) is 16.1 Å². The molecule has 0 saturated heterocycles. The topological polar surface area (TPSA) is 110 Å². The molecule has 0 aliphatic heterocycles. The first kappa shape index (κ1) is 17.9. The fourth-order valence-electron chi connectivity index (χ4n) is 2.80. The highest BCUT2D eigenvalue weighted by atomic mass is 16.6. The summed E-state index contributed by atoms with van der Waals surface area (Å²) < 4.78 is 10.3. The number of carbonyl (C=O) groups is 1. The number of hydrogen-bond acceptors (Lipinski definition) is 7. The van der Waals surface area contributed by atoms with Gasteiger partial charge in [-0.2, -0.15) is 5.26 Å². The maximum atomic E-state index is 11.9. The molecule has 0 bridgehead atoms. The molecule has 0 aliphatic carbocycles. The maximum absolute atomic E-state index is 11.9. The standard InChI is InChI=1S/C19H15N3O5/c1-26-19(23)12-21(13-5-4-6-14(9-13)22(24)25)11-16-15-7-2-3-8-17(15)27-18(16)10-20/h2-9H,11-12H2,1H3. The van der Waals surface area contributed by atoms with Crippen LogP contribution in [0.25, 0.3) is 11.0 Å².